The third-order valence-electron chi connectivity index (χ3n) is 2.48. The Balaban J connectivity index is 3.06. The van der Waals surface area contributed by atoms with Crippen LogP contribution in [0.4, 0.5) is 0 Å². The second-order valence-electron chi connectivity index (χ2n) is 4.52. The smallest absolute Gasteiger partial charge is 0.205 e. The number of imidazole rings is 1. The molecule has 0 N–H and O–H groups in total. The maximum atomic E-state index is 12.0. The van der Waals surface area contributed by atoms with E-state index in [2.05, 4.69) is 18.8 Å². The molecule has 1 heterocycles. The lowest BCUT2D eigenvalue weighted by molar-refractivity contribution is 0.103. The van der Waals surface area contributed by atoms with E-state index in [1.165, 1.54) is 0 Å². The minimum atomic E-state index is -0.000370. The molecule has 0 aliphatic rings. The molecular formula is C13H21N3O. The van der Waals surface area contributed by atoms with E-state index >= 15 is 0 Å². The van der Waals surface area contributed by atoms with E-state index in [0.29, 0.717) is 5.69 Å². The van der Waals surface area contributed by atoms with E-state index in [0.717, 1.165) is 12.2 Å². The lowest BCUT2D eigenvalue weighted by Crippen LogP contribution is -2.13. The van der Waals surface area contributed by atoms with Gasteiger partial charge in [-0.05, 0) is 13.8 Å². The van der Waals surface area contributed by atoms with Crippen LogP contribution in [-0.2, 0) is 6.42 Å². The number of carbonyl (C=O) groups excluding carboxylic acids is 1. The Morgan fingerprint density at radius 2 is 2.18 bits per heavy atom. The van der Waals surface area contributed by atoms with E-state index in [9.17, 15) is 4.79 Å². The molecule has 0 bridgehead atoms. The molecule has 0 aliphatic carbocycles. The Kier molecular flexibility index (Phi) is 4.49. The highest BCUT2D eigenvalue weighted by atomic mass is 16.1. The predicted octanol–water partition coefficient (Wildman–Crippen LogP) is 2.28. The minimum absolute atomic E-state index is 0.000370. The molecule has 0 aromatic carbocycles. The van der Waals surface area contributed by atoms with Crippen molar-refractivity contribution in [2.75, 3.05) is 14.1 Å². The zero-order valence-electron chi connectivity index (χ0n) is 11.3. The third kappa shape index (κ3) is 3.19. The van der Waals surface area contributed by atoms with Crippen LogP contribution in [0.15, 0.2) is 18.5 Å². The lowest BCUT2D eigenvalue weighted by atomic mass is 10.2. The van der Waals surface area contributed by atoms with Gasteiger partial charge in [-0.3, -0.25) is 4.79 Å². The Labute approximate surface area is 103 Å². The largest absolute Gasteiger partial charge is 0.383 e. The Morgan fingerprint density at radius 3 is 2.65 bits per heavy atom. The van der Waals surface area contributed by atoms with Crippen LogP contribution in [0, 0.1) is 0 Å². The zero-order valence-corrected chi connectivity index (χ0v) is 11.3. The first-order valence-electron chi connectivity index (χ1n) is 5.92. The van der Waals surface area contributed by atoms with Gasteiger partial charge in [0.05, 0.1) is 6.20 Å². The molecule has 94 valence electrons. The number of rotatable bonds is 5. The summed E-state index contributed by atoms with van der Waals surface area (Å²) in [7, 11) is 3.78. The number of nitrogens with zero attached hydrogens (tertiary/aromatic N) is 3. The van der Waals surface area contributed by atoms with Gasteiger partial charge >= 0.3 is 0 Å². The summed E-state index contributed by atoms with van der Waals surface area (Å²) in [5.74, 6) is 0.959. The van der Waals surface area contributed by atoms with Crippen molar-refractivity contribution in [3.05, 3.63) is 30.0 Å². The first kappa shape index (κ1) is 13.5. The number of aromatic nitrogens is 2. The van der Waals surface area contributed by atoms with Crippen LogP contribution in [0.3, 0.4) is 0 Å². The second-order valence-corrected chi connectivity index (χ2v) is 4.52. The van der Waals surface area contributed by atoms with Crippen molar-refractivity contribution >= 4 is 5.78 Å². The van der Waals surface area contributed by atoms with Gasteiger partial charge in [0.25, 0.3) is 0 Å². The molecule has 0 aliphatic heterocycles. The van der Waals surface area contributed by atoms with Gasteiger partial charge < -0.3 is 9.47 Å². The molecule has 0 saturated carbocycles. The summed E-state index contributed by atoms with van der Waals surface area (Å²) in [6.07, 6.45) is 5.84. The van der Waals surface area contributed by atoms with E-state index in [1.807, 2.05) is 30.5 Å². The van der Waals surface area contributed by atoms with Crippen molar-refractivity contribution in [3.63, 3.8) is 0 Å². The van der Waals surface area contributed by atoms with E-state index < -0.39 is 0 Å². The maximum Gasteiger partial charge on any atom is 0.205 e. The fourth-order valence-corrected chi connectivity index (χ4v) is 1.72. The highest BCUT2D eigenvalue weighted by Gasteiger charge is 2.15. The fraction of sp³-hybridized carbons (Fsp3) is 0.538. The van der Waals surface area contributed by atoms with Gasteiger partial charge in [-0.2, -0.15) is 0 Å². The SMILES string of the molecule is CCc1ncc(C(=O)/C=C/N(C)C)n1C(C)C. The fourth-order valence-electron chi connectivity index (χ4n) is 1.72. The zero-order chi connectivity index (χ0) is 13.0. The van der Waals surface area contributed by atoms with Gasteiger partial charge in [0, 0.05) is 38.8 Å². The molecular weight excluding hydrogens is 214 g/mol. The monoisotopic (exact) mass is 235 g/mol. The molecule has 0 fully saturated rings. The summed E-state index contributed by atoms with van der Waals surface area (Å²) in [6.45, 7) is 6.17. The van der Waals surface area contributed by atoms with Crippen LogP contribution in [0.1, 0.15) is 43.1 Å². The van der Waals surface area contributed by atoms with Gasteiger partial charge in [-0.1, -0.05) is 6.92 Å². The predicted molar refractivity (Wildman–Crippen MR) is 69.1 cm³/mol. The number of hydrogen-bond donors (Lipinski definition) is 0. The molecule has 0 amide bonds. The molecule has 4 heteroatoms. The van der Waals surface area contributed by atoms with Crippen LogP contribution in [0.5, 0.6) is 0 Å². The van der Waals surface area contributed by atoms with Gasteiger partial charge in [-0.25, -0.2) is 4.98 Å². The molecule has 0 radical (unpaired) electrons. The molecule has 1 rings (SSSR count). The summed E-state index contributed by atoms with van der Waals surface area (Å²) in [5, 5.41) is 0. The molecule has 4 nitrogen and oxygen atoms in total. The number of ketones is 1. The van der Waals surface area contributed by atoms with Gasteiger partial charge in [-0.15, -0.1) is 0 Å². The topological polar surface area (TPSA) is 38.1 Å². The summed E-state index contributed by atoms with van der Waals surface area (Å²) >= 11 is 0. The normalized spacial score (nSPS) is 11.4. The summed E-state index contributed by atoms with van der Waals surface area (Å²) < 4.78 is 2.00. The van der Waals surface area contributed by atoms with Crippen LogP contribution in [0.2, 0.25) is 0 Å². The van der Waals surface area contributed by atoms with E-state index in [1.54, 1.807) is 18.5 Å². The number of aryl methyl sites for hydroxylation is 1. The highest BCUT2D eigenvalue weighted by Crippen LogP contribution is 2.15. The molecule has 1 aromatic rings. The van der Waals surface area contributed by atoms with Crippen LogP contribution in [0.25, 0.3) is 0 Å². The maximum absolute atomic E-state index is 12.0. The summed E-state index contributed by atoms with van der Waals surface area (Å²) in [4.78, 5) is 18.2. The number of carbonyl (C=O) groups is 1. The summed E-state index contributed by atoms with van der Waals surface area (Å²) in [5.41, 5.74) is 0.662. The van der Waals surface area contributed by atoms with Crippen molar-refractivity contribution in [2.45, 2.75) is 33.2 Å². The first-order valence-corrected chi connectivity index (χ1v) is 5.92. The van der Waals surface area contributed by atoms with Crippen LogP contribution >= 0.6 is 0 Å². The van der Waals surface area contributed by atoms with Gasteiger partial charge in [0.2, 0.25) is 5.78 Å². The molecule has 0 atom stereocenters. The Morgan fingerprint density at radius 1 is 1.53 bits per heavy atom. The lowest BCUT2D eigenvalue weighted by Gasteiger charge is -2.13. The van der Waals surface area contributed by atoms with Crippen molar-refractivity contribution in [1.29, 1.82) is 0 Å². The van der Waals surface area contributed by atoms with Crippen LogP contribution in [-0.4, -0.2) is 34.3 Å². The first-order chi connectivity index (χ1) is 7.97. The van der Waals surface area contributed by atoms with Crippen molar-refractivity contribution < 1.29 is 4.79 Å². The van der Waals surface area contributed by atoms with Crippen molar-refractivity contribution in [2.24, 2.45) is 0 Å². The average Bonchev–Trinajstić information content (AvgIpc) is 2.69. The highest BCUT2D eigenvalue weighted by molar-refractivity contribution is 6.03. The third-order valence-corrected chi connectivity index (χ3v) is 2.48. The van der Waals surface area contributed by atoms with Gasteiger partial charge in [0.1, 0.15) is 11.5 Å². The molecule has 0 unspecified atom stereocenters. The minimum Gasteiger partial charge on any atom is -0.383 e. The quantitative estimate of drug-likeness (QED) is 0.580. The standard InChI is InChI=1S/C13H21N3O/c1-6-13-14-9-11(16(13)10(2)3)12(17)7-8-15(4)5/h7-10H,6H2,1-5H3/b8-7+. The average molecular weight is 235 g/mol. The molecule has 0 saturated heterocycles. The second kappa shape index (κ2) is 5.66. The van der Waals surface area contributed by atoms with E-state index in [4.69, 9.17) is 0 Å². The Hall–Kier alpha value is -1.58. The van der Waals surface area contributed by atoms with Gasteiger partial charge in [0.15, 0.2) is 0 Å². The number of hydrogen-bond acceptors (Lipinski definition) is 3. The number of allylic oxidation sites excluding steroid dienone is 1. The van der Waals surface area contributed by atoms with Crippen LogP contribution < -0.4 is 0 Å². The molecule has 17 heavy (non-hydrogen) atoms. The van der Waals surface area contributed by atoms with Crippen molar-refractivity contribution in [1.82, 2.24) is 14.5 Å². The van der Waals surface area contributed by atoms with Crippen molar-refractivity contribution in [3.8, 4) is 0 Å². The Bertz CT molecular complexity index is 416. The molecule has 0 spiro atoms. The molecule has 1 aromatic heterocycles. The summed E-state index contributed by atoms with van der Waals surface area (Å²) in [6, 6.07) is 0.249. The van der Waals surface area contributed by atoms with E-state index in [-0.39, 0.29) is 11.8 Å².